The van der Waals surface area contributed by atoms with Crippen molar-refractivity contribution in [2.45, 2.75) is 64.6 Å². The van der Waals surface area contributed by atoms with Gasteiger partial charge in [0.25, 0.3) is 5.91 Å². The second kappa shape index (κ2) is 9.21. The molecule has 2 aliphatic heterocycles. The van der Waals surface area contributed by atoms with Crippen molar-refractivity contribution in [1.29, 1.82) is 0 Å². The molecule has 2 saturated heterocycles. The number of nitrogens with two attached hydrogens (primary N) is 1. The van der Waals surface area contributed by atoms with Gasteiger partial charge in [-0.2, -0.15) is 0 Å². The highest BCUT2D eigenvalue weighted by molar-refractivity contribution is 5.99. The zero-order chi connectivity index (χ0) is 23.7. The van der Waals surface area contributed by atoms with Gasteiger partial charge in [0.1, 0.15) is 5.82 Å². The van der Waals surface area contributed by atoms with Crippen LogP contribution in [0.4, 0.5) is 5.82 Å². The summed E-state index contributed by atoms with van der Waals surface area (Å²) in [6.07, 6.45) is 5.33. The first kappa shape index (κ1) is 22.8. The molecule has 2 bridgehead atoms. The lowest BCUT2D eigenvalue weighted by Gasteiger charge is -2.40. The highest BCUT2D eigenvalue weighted by Crippen LogP contribution is 2.38. The third kappa shape index (κ3) is 4.55. The number of rotatable bonds is 6. The van der Waals surface area contributed by atoms with E-state index < -0.39 is 5.91 Å². The van der Waals surface area contributed by atoms with E-state index in [1.54, 1.807) is 38.2 Å². The van der Waals surface area contributed by atoms with Crippen LogP contribution >= 0.6 is 0 Å². The molecule has 2 fully saturated rings. The number of aryl methyl sites for hydroxylation is 2. The third-order valence-corrected chi connectivity index (χ3v) is 6.67. The second-order valence-corrected chi connectivity index (χ2v) is 8.91. The summed E-state index contributed by atoms with van der Waals surface area (Å²) in [5.74, 6) is -0.124. The lowest BCUT2D eigenvalue weighted by atomic mass is 9.95. The lowest BCUT2D eigenvalue weighted by molar-refractivity contribution is 0.0525. The fourth-order valence-electron chi connectivity index (χ4n) is 5.13. The minimum Gasteiger partial charge on any atom is -0.462 e. The molecule has 2 unspecified atom stereocenters. The summed E-state index contributed by atoms with van der Waals surface area (Å²) in [6.45, 7) is 5.71. The number of anilines is 1. The number of amides is 2. The first-order valence-electron chi connectivity index (χ1n) is 11.4. The SMILES string of the molecule is CCOC(=O)c1ccc(N2C3CCC2CC(NC(=O)c2cc(C)c(C(N)=O)cc2C)C3)nc1. The van der Waals surface area contributed by atoms with Crippen LogP contribution in [0.3, 0.4) is 0 Å². The van der Waals surface area contributed by atoms with Crippen molar-refractivity contribution in [3.05, 3.63) is 58.3 Å². The summed E-state index contributed by atoms with van der Waals surface area (Å²) in [7, 11) is 0. The van der Waals surface area contributed by atoms with Crippen molar-refractivity contribution in [3.63, 3.8) is 0 Å². The van der Waals surface area contributed by atoms with Crippen LogP contribution in [0.2, 0.25) is 0 Å². The van der Waals surface area contributed by atoms with Gasteiger partial charge in [-0.15, -0.1) is 0 Å². The van der Waals surface area contributed by atoms with Crippen LogP contribution in [-0.4, -0.2) is 47.5 Å². The van der Waals surface area contributed by atoms with Gasteiger partial charge in [-0.1, -0.05) is 0 Å². The van der Waals surface area contributed by atoms with Gasteiger partial charge < -0.3 is 20.7 Å². The van der Waals surface area contributed by atoms with Gasteiger partial charge >= 0.3 is 5.97 Å². The monoisotopic (exact) mass is 450 g/mol. The van der Waals surface area contributed by atoms with E-state index in [0.29, 0.717) is 28.9 Å². The maximum Gasteiger partial charge on any atom is 0.339 e. The first-order chi connectivity index (χ1) is 15.8. The summed E-state index contributed by atoms with van der Waals surface area (Å²) < 4.78 is 5.03. The molecule has 8 heteroatoms. The van der Waals surface area contributed by atoms with E-state index in [1.807, 2.05) is 13.0 Å². The topological polar surface area (TPSA) is 115 Å². The van der Waals surface area contributed by atoms with Crippen molar-refractivity contribution in [2.24, 2.45) is 5.73 Å². The number of nitrogens with one attached hydrogen (secondary N) is 1. The molecule has 0 radical (unpaired) electrons. The van der Waals surface area contributed by atoms with E-state index in [4.69, 9.17) is 10.5 Å². The molecule has 3 N–H and O–H groups in total. The van der Waals surface area contributed by atoms with E-state index in [1.165, 1.54) is 0 Å². The van der Waals surface area contributed by atoms with E-state index in [0.717, 1.165) is 37.1 Å². The lowest BCUT2D eigenvalue weighted by Crippen LogP contribution is -2.50. The van der Waals surface area contributed by atoms with Crippen LogP contribution in [-0.2, 0) is 4.74 Å². The number of hydrogen-bond donors (Lipinski definition) is 2. The van der Waals surface area contributed by atoms with Gasteiger partial charge in [0, 0.05) is 35.4 Å². The minimum atomic E-state index is -0.490. The van der Waals surface area contributed by atoms with Crippen LogP contribution < -0.4 is 16.0 Å². The van der Waals surface area contributed by atoms with E-state index in [-0.39, 0.29) is 30.0 Å². The molecule has 33 heavy (non-hydrogen) atoms. The number of fused-ring (bicyclic) bond motifs is 2. The van der Waals surface area contributed by atoms with Gasteiger partial charge in [0.15, 0.2) is 0 Å². The normalized spacial score (nSPS) is 21.5. The standard InChI is InChI=1S/C25H30N4O4/c1-4-33-25(32)16-5-8-22(27-13-16)29-18-6-7-19(29)12-17(11-18)28-24(31)21-10-14(2)20(23(26)30)9-15(21)3/h5,8-10,13,17-19H,4,6-7,11-12H2,1-3H3,(H2,26,30)(H,28,31). The number of primary amides is 1. The minimum absolute atomic E-state index is 0.0700. The second-order valence-electron chi connectivity index (χ2n) is 8.91. The summed E-state index contributed by atoms with van der Waals surface area (Å²) >= 11 is 0. The maximum absolute atomic E-state index is 13.0. The predicted octanol–water partition coefficient (Wildman–Crippen LogP) is 2.90. The molecule has 1 aromatic heterocycles. The van der Waals surface area contributed by atoms with E-state index in [9.17, 15) is 14.4 Å². The van der Waals surface area contributed by atoms with Crippen LogP contribution in [0.15, 0.2) is 30.5 Å². The summed E-state index contributed by atoms with van der Waals surface area (Å²) in [4.78, 5) is 43.3. The van der Waals surface area contributed by atoms with E-state index in [2.05, 4.69) is 15.2 Å². The Kier molecular flexibility index (Phi) is 6.35. The largest absolute Gasteiger partial charge is 0.462 e. The van der Waals surface area contributed by atoms with Crippen molar-refractivity contribution < 1.29 is 19.1 Å². The zero-order valence-electron chi connectivity index (χ0n) is 19.3. The van der Waals surface area contributed by atoms with Crippen LogP contribution in [0.1, 0.15) is 74.8 Å². The Hall–Kier alpha value is -3.42. The number of carbonyl (C=O) groups excluding carboxylic acids is 3. The van der Waals surface area contributed by atoms with Gasteiger partial charge in [0.05, 0.1) is 12.2 Å². The Bertz CT molecular complexity index is 1070. The Morgan fingerprint density at radius 1 is 1.09 bits per heavy atom. The molecular weight excluding hydrogens is 420 g/mol. The van der Waals surface area contributed by atoms with Gasteiger partial charge in [0.2, 0.25) is 5.91 Å². The maximum atomic E-state index is 13.0. The van der Waals surface area contributed by atoms with Gasteiger partial charge in [-0.25, -0.2) is 9.78 Å². The summed E-state index contributed by atoms with van der Waals surface area (Å²) in [5, 5.41) is 3.20. The molecule has 0 saturated carbocycles. The van der Waals surface area contributed by atoms with Crippen molar-refractivity contribution in [3.8, 4) is 0 Å². The number of nitrogens with zero attached hydrogens (tertiary/aromatic N) is 2. The Labute approximate surface area is 193 Å². The number of benzene rings is 1. The zero-order valence-corrected chi connectivity index (χ0v) is 19.3. The number of esters is 1. The fraction of sp³-hybridized carbons (Fsp3) is 0.440. The molecule has 3 heterocycles. The molecule has 2 aromatic rings. The molecule has 0 spiro atoms. The Morgan fingerprint density at radius 3 is 2.30 bits per heavy atom. The number of carbonyl (C=O) groups is 3. The van der Waals surface area contributed by atoms with Crippen LogP contribution in [0.25, 0.3) is 0 Å². The molecule has 0 aliphatic carbocycles. The predicted molar refractivity (Wildman–Crippen MR) is 124 cm³/mol. The number of hydrogen-bond acceptors (Lipinski definition) is 6. The van der Waals surface area contributed by atoms with Gasteiger partial charge in [-0.05, 0) is 81.8 Å². The first-order valence-corrected chi connectivity index (χ1v) is 11.4. The van der Waals surface area contributed by atoms with Crippen molar-refractivity contribution in [2.75, 3.05) is 11.5 Å². The molecule has 4 rings (SSSR count). The van der Waals surface area contributed by atoms with Crippen LogP contribution in [0.5, 0.6) is 0 Å². The molecule has 1 aromatic carbocycles. The molecule has 2 amide bonds. The average Bonchev–Trinajstić information content (AvgIpc) is 3.05. The smallest absolute Gasteiger partial charge is 0.339 e. The molecule has 2 aliphatic rings. The van der Waals surface area contributed by atoms with E-state index >= 15 is 0 Å². The molecule has 8 nitrogen and oxygen atoms in total. The average molecular weight is 451 g/mol. The quantitative estimate of drug-likeness (QED) is 0.654. The fourth-order valence-corrected chi connectivity index (χ4v) is 5.13. The Morgan fingerprint density at radius 2 is 1.73 bits per heavy atom. The summed E-state index contributed by atoms with van der Waals surface area (Å²) in [5.41, 5.74) is 8.32. The number of piperidine rings is 1. The number of pyridine rings is 1. The summed E-state index contributed by atoms with van der Waals surface area (Å²) in [6, 6.07) is 7.71. The van der Waals surface area contributed by atoms with Crippen molar-refractivity contribution >= 4 is 23.6 Å². The molecule has 174 valence electrons. The number of aromatic nitrogens is 1. The van der Waals surface area contributed by atoms with Gasteiger partial charge in [-0.3, -0.25) is 9.59 Å². The highest BCUT2D eigenvalue weighted by atomic mass is 16.5. The highest BCUT2D eigenvalue weighted by Gasteiger charge is 2.42. The molecular formula is C25H30N4O4. The third-order valence-electron chi connectivity index (χ3n) is 6.67. The van der Waals surface area contributed by atoms with Crippen molar-refractivity contribution in [1.82, 2.24) is 10.3 Å². The Balaban J connectivity index is 1.43. The number of ether oxygens (including phenoxy) is 1. The van der Waals surface area contributed by atoms with Crippen LogP contribution in [0, 0.1) is 13.8 Å². The molecule has 2 atom stereocenters.